The smallest absolute Gasteiger partial charge is 0.255 e. The molecule has 1 N–H and O–H groups in total. The van der Waals surface area contributed by atoms with Gasteiger partial charge in [0.15, 0.2) is 0 Å². The number of aromatic amines is 1. The van der Waals surface area contributed by atoms with E-state index in [1.807, 2.05) is 29.2 Å². The Morgan fingerprint density at radius 3 is 2.84 bits per heavy atom. The van der Waals surface area contributed by atoms with E-state index in [0.717, 1.165) is 27.6 Å². The zero-order valence-corrected chi connectivity index (χ0v) is 13.3. The van der Waals surface area contributed by atoms with E-state index in [9.17, 15) is 4.79 Å². The third kappa shape index (κ3) is 2.49. The lowest BCUT2D eigenvalue weighted by molar-refractivity contribution is 0.0733. The molecule has 2 heterocycles. The lowest BCUT2D eigenvalue weighted by Gasteiger charge is -2.27. The van der Waals surface area contributed by atoms with Crippen LogP contribution in [0.4, 0.5) is 0 Å². The van der Waals surface area contributed by atoms with Crippen molar-refractivity contribution in [2.45, 2.75) is 13.0 Å². The van der Waals surface area contributed by atoms with Crippen LogP contribution in [0.15, 0.2) is 39.4 Å². The number of rotatable bonds is 1. The van der Waals surface area contributed by atoms with Crippen LogP contribution in [0, 0.1) is 0 Å². The van der Waals surface area contributed by atoms with Crippen molar-refractivity contribution in [2.75, 3.05) is 6.54 Å². The quantitative estimate of drug-likeness (QED) is 0.799. The highest BCUT2D eigenvalue weighted by molar-refractivity contribution is 9.10. The zero-order valence-electron chi connectivity index (χ0n) is 10.1. The van der Waals surface area contributed by atoms with Gasteiger partial charge < -0.3 is 9.88 Å². The minimum atomic E-state index is 0.0791. The average molecular weight is 384 g/mol. The standard InChI is InChI=1S/C14H12Br2N2O/c15-11-4-2-1-3-10(11)14(19)18-6-5-12-9(8-18)7-13(16)17-12/h1-4,7,17H,5-6,8H2. The second-order valence-electron chi connectivity index (χ2n) is 4.58. The Labute approximate surface area is 128 Å². The topological polar surface area (TPSA) is 36.1 Å². The van der Waals surface area contributed by atoms with Crippen LogP contribution in [0.1, 0.15) is 21.6 Å². The number of benzene rings is 1. The molecule has 2 aromatic rings. The first-order chi connectivity index (χ1) is 9.15. The summed E-state index contributed by atoms with van der Waals surface area (Å²) in [7, 11) is 0. The number of fused-ring (bicyclic) bond motifs is 1. The van der Waals surface area contributed by atoms with Gasteiger partial charge in [-0.05, 0) is 55.6 Å². The maximum Gasteiger partial charge on any atom is 0.255 e. The molecule has 0 bridgehead atoms. The molecule has 19 heavy (non-hydrogen) atoms. The summed E-state index contributed by atoms with van der Waals surface area (Å²) in [4.78, 5) is 17.7. The fourth-order valence-corrected chi connectivity index (χ4v) is 3.34. The van der Waals surface area contributed by atoms with E-state index in [2.05, 4.69) is 42.9 Å². The lowest BCUT2D eigenvalue weighted by Crippen LogP contribution is -2.35. The van der Waals surface area contributed by atoms with E-state index >= 15 is 0 Å². The van der Waals surface area contributed by atoms with Gasteiger partial charge in [0.05, 0.1) is 10.2 Å². The molecule has 0 saturated carbocycles. The SMILES string of the molecule is O=C(c1ccccc1Br)N1CCc2[nH]c(Br)cc2C1. The monoisotopic (exact) mass is 382 g/mol. The fraction of sp³-hybridized carbons (Fsp3) is 0.214. The first-order valence-electron chi connectivity index (χ1n) is 6.05. The third-order valence-electron chi connectivity index (χ3n) is 3.34. The molecule has 0 radical (unpaired) electrons. The number of nitrogens with zero attached hydrogens (tertiary/aromatic N) is 1. The predicted molar refractivity (Wildman–Crippen MR) is 81.1 cm³/mol. The van der Waals surface area contributed by atoms with Crippen molar-refractivity contribution in [3.8, 4) is 0 Å². The lowest BCUT2D eigenvalue weighted by atomic mass is 10.1. The molecule has 5 heteroatoms. The second kappa shape index (κ2) is 5.13. The largest absolute Gasteiger partial charge is 0.353 e. The molecule has 1 aliphatic heterocycles. The highest BCUT2D eigenvalue weighted by atomic mass is 79.9. The molecule has 0 atom stereocenters. The molecule has 98 valence electrons. The van der Waals surface area contributed by atoms with Gasteiger partial charge in [0.25, 0.3) is 5.91 Å². The van der Waals surface area contributed by atoms with Crippen LogP contribution in [-0.4, -0.2) is 22.3 Å². The van der Waals surface area contributed by atoms with E-state index in [0.29, 0.717) is 6.54 Å². The van der Waals surface area contributed by atoms with Crippen LogP contribution >= 0.6 is 31.9 Å². The maximum absolute atomic E-state index is 12.5. The molecule has 1 aromatic carbocycles. The molecule has 0 saturated heterocycles. The van der Waals surface area contributed by atoms with Crippen molar-refractivity contribution in [3.63, 3.8) is 0 Å². The van der Waals surface area contributed by atoms with Gasteiger partial charge >= 0.3 is 0 Å². The molecule has 1 aromatic heterocycles. The van der Waals surface area contributed by atoms with Crippen LogP contribution in [0.3, 0.4) is 0 Å². The summed E-state index contributed by atoms with van der Waals surface area (Å²) in [6, 6.07) is 9.61. The second-order valence-corrected chi connectivity index (χ2v) is 6.29. The van der Waals surface area contributed by atoms with Gasteiger partial charge in [0, 0.05) is 29.7 Å². The molecular weight excluding hydrogens is 372 g/mol. The van der Waals surface area contributed by atoms with Crippen molar-refractivity contribution < 1.29 is 4.79 Å². The molecule has 1 amide bonds. The van der Waals surface area contributed by atoms with Crippen LogP contribution in [0.2, 0.25) is 0 Å². The highest BCUT2D eigenvalue weighted by Gasteiger charge is 2.24. The molecular formula is C14H12Br2N2O. The summed E-state index contributed by atoms with van der Waals surface area (Å²) in [5.41, 5.74) is 3.14. The van der Waals surface area contributed by atoms with Gasteiger partial charge in [-0.3, -0.25) is 4.79 Å². The van der Waals surface area contributed by atoms with E-state index in [1.54, 1.807) is 0 Å². The molecule has 0 aliphatic carbocycles. The average Bonchev–Trinajstić information content (AvgIpc) is 2.77. The van der Waals surface area contributed by atoms with Gasteiger partial charge in [-0.1, -0.05) is 12.1 Å². The summed E-state index contributed by atoms with van der Waals surface area (Å²) in [5.74, 6) is 0.0791. The highest BCUT2D eigenvalue weighted by Crippen LogP contribution is 2.25. The summed E-state index contributed by atoms with van der Waals surface area (Å²) in [6.45, 7) is 1.41. The third-order valence-corrected chi connectivity index (χ3v) is 4.46. The number of carbonyl (C=O) groups is 1. The minimum absolute atomic E-state index is 0.0791. The van der Waals surface area contributed by atoms with Crippen molar-refractivity contribution in [2.24, 2.45) is 0 Å². The number of hydrogen-bond acceptors (Lipinski definition) is 1. The van der Waals surface area contributed by atoms with Gasteiger partial charge in [0.1, 0.15) is 0 Å². The Morgan fingerprint density at radius 2 is 2.05 bits per heavy atom. The number of hydrogen-bond donors (Lipinski definition) is 1. The van der Waals surface area contributed by atoms with E-state index in [4.69, 9.17) is 0 Å². The van der Waals surface area contributed by atoms with Crippen LogP contribution < -0.4 is 0 Å². The summed E-state index contributed by atoms with van der Waals surface area (Å²) >= 11 is 6.88. The molecule has 3 rings (SSSR count). The van der Waals surface area contributed by atoms with E-state index in [1.165, 1.54) is 11.3 Å². The molecule has 0 unspecified atom stereocenters. The van der Waals surface area contributed by atoms with Crippen LogP contribution in [0.5, 0.6) is 0 Å². The van der Waals surface area contributed by atoms with Gasteiger partial charge in [0.2, 0.25) is 0 Å². The number of aromatic nitrogens is 1. The van der Waals surface area contributed by atoms with E-state index in [-0.39, 0.29) is 5.91 Å². The first-order valence-corrected chi connectivity index (χ1v) is 7.64. The molecule has 0 spiro atoms. The van der Waals surface area contributed by atoms with Crippen molar-refractivity contribution in [3.05, 3.63) is 56.2 Å². The maximum atomic E-state index is 12.5. The number of halogens is 2. The zero-order chi connectivity index (χ0) is 13.4. The summed E-state index contributed by atoms with van der Waals surface area (Å²) in [5, 5.41) is 0. The fourth-order valence-electron chi connectivity index (χ4n) is 2.37. The van der Waals surface area contributed by atoms with Gasteiger partial charge in [-0.2, -0.15) is 0 Å². The Kier molecular flexibility index (Phi) is 3.50. The number of nitrogens with one attached hydrogen (secondary N) is 1. The summed E-state index contributed by atoms with van der Waals surface area (Å²) in [6.07, 6.45) is 0.872. The molecule has 0 fully saturated rings. The van der Waals surface area contributed by atoms with Gasteiger partial charge in [-0.15, -0.1) is 0 Å². The Balaban J connectivity index is 1.85. The van der Waals surface area contributed by atoms with Crippen LogP contribution in [-0.2, 0) is 13.0 Å². The van der Waals surface area contributed by atoms with E-state index < -0.39 is 0 Å². The Bertz CT molecular complexity index is 636. The van der Waals surface area contributed by atoms with Crippen molar-refractivity contribution in [1.82, 2.24) is 9.88 Å². The minimum Gasteiger partial charge on any atom is -0.353 e. The first kappa shape index (κ1) is 12.9. The van der Waals surface area contributed by atoms with Crippen LogP contribution in [0.25, 0.3) is 0 Å². The van der Waals surface area contributed by atoms with Crippen molar-refractivity contribution >= 4 is 37.8 Å². The predicted octanol–water partition coefficient (Wildman–Crippen LogP) is 3.74. The number of H-pyrrole nitrogens is 1. The molecule has 3 nitrogen and oxygen atoms in total. The van der Waals surface area contributed by atoms with Crippen molar-refractivity contribution in [1.29, 1.82) is 0 Å². The van der Waals surface area contributed by atoms with Gasteiger partial charge in [-0.25, -0.2) is 0 Å². The normalized spacial score (nSPS) is 14.3. The number of amides is 1. The Hall–Kier alpha value is -1.07. The number of carbonyl (C=O) groups excluding carboxylic acids is 1. The molecule has 1 aliphatic rings. The Morgan fingerprint density at radius 1 is 1.26 bits per heavy atom. The summed E-state index contributed by atoms with van der Waals surface area (Å²) < 4.78 is 1.83.